The van der Waals surface area contributed by atoms with E-state index in [2.05, 4.69) is 5.92 Å². The Bertz CT molecular complexity index is 146. The number of rotatable bonds is 4. The monoisotopic (exact) mass is 139 g/mol. The maximum Gasteiger partial charge on any atom is 0.145 e. The zero-order valence-corrected chi connectivity index (χ0v) is 6.26. The Morgan fingerprint density at radius 2 is 2.40 bits per heavy atom. The summed E-state index contributed by atoms with van der Waals surface area (Å²) < 4.78 is 0. The lowest BCUT2D eigenvalue weighted by Crippen LogP contribution is -2.14. The Kier molecular flexibility index (Phi) is 4.61. The third-order valence-corrected chi connectivity index (χ3v) is 1.28. The van der Waals surface area contributed by atoms with Gasteiger partial charge in [-0.2, -0.15) is 0 Å². The fourth-order valence-corrected chi connectivity index (χ4v) is 0.658. The molecule has 0 aliphatic rings. The zero-order chi connectivity index (χ0) is 7.98. The SMILES string of the molecule is C#CCC(=O)CC(C)CN. The molecule has 2 heteroatoms. The predicted molar refractivity (Wildman–Crippen MR) is 41.3 cm³/mol. The molecule has 0 heterocycles. The molecule has 56 valence electrons. The van der Waals surface area contributed by atoms with Gasteiger partial charge < -0.3 is 5.73 Å². The van der Waals surface area contributed by atoms with Crippen LogP contribution in [-0.4, -0.2) is 12.3 Å². The van der Waals surface area contributed by atoms with E-state index >= 15 is 0 Å². The fourth-order valence-electron chi connectivity index (χ4n) is 0.658. The van der Waals surface area contributed by atoms with Crippen molar-refractivity contribution < 1.29 is 4.79 Å². The number of carbonyl (C=O) groups is 1. The first kappa shape index (κ1) is 9.19. The van der Waals surface area contributed by atoms with Gasteiger partial charge >= 0.3 is 0 Å². The van der Waals surface area contributed by atoms with E-state index in [9.17, 15) is 4.79 Å². The van der Waals surface area contributed by atoms with Crippen LogP contribution in [0.4, 0.5) is 0 Å². The molecule has 0 aliphatic heterocycles. The Balaban J connectivity index is 3.49. The maximum atomic E-state index is 10.8. The lowest BCUT2D eigenvalue weighted by atomic mass is 10.0. The van der Waals surface area contributed by atoms with Crippen LogP contribution in [0.25, 0.3) is 0 Å². The summed E-state index contributed by atoms with van der Waals surface area (Å²) in [6.07, 6.45) is 5.70. The van der Waals surface area contributed by atoms with Gasteiger partial charge in [0.1, 0.15) is 5.78 Å². The third kappa shape index (κ3) is 4.11. The molecular weight excluding hydrogens is 126 g/mol. The average Bonchev–Trinajstić information content (AvgIpc) is 1.88. The Hall–Kier alpha value is -0.810. The van der Waals surface area contributed by atoms with Crippen LogP contribution < -0.4 is 5.73 Å². The maximum absolute atomic E-state index is 10.8. The van der Waals surface area contributed by atoms with Crippen LogP contribution in [0.2, 0.25) is 0 Å². The smallest absolute Gasteiger partial charge is 0.145 e. The van der Waals surface area contributed by atoms with Crippen molar-refractivity contribution in [3.8, 4) is 12.3 Å². The number of nitrogens with two attached hydrogens (primary N) is 1. The summed E-state index contributed by atoms with van der Waals surface area (Å²) >= 11 is 0. The van der Waals surface area contributed by atoms with Crippen LogP contribution in [0.1, 0.15) is 19.8 Å². The first-order valence-electron chi connectivity index (χ1n) is 3.36. The van der Waals surface area contributed by atoms with Crippen molar-refractivity contribution in [2.75, 3.05) is 6.54 Å². The topological polar surface area (TPSA) is 43.1 Å². The first-order chi connectivity index (χ1) is 4.70. The van der Waals surface area contributed by atoms with Crippen LogP contribution in [-0.2, 0) is 4.79 Å². The molecule has 1 atom stereocenters. The minimum absolute atomic E-state index is 0.112. The van der Waals surface area contributed by atoms with E-state index in [0.29, 0.717) is 13.0 Å². The van der Waals surface area contributed by atoms with Crippen molar-refractivity contribution in [3.63, 3.8) is 0 Å². The molecule has 0 amide bonds. The van der Waals surface area contributed by atoms with E-state index in [4.69, 9.17) is 12.2 Å². The molecule has 0 rings (SSSR count). The van der Waals surface area contributed by atoms with Crippen LogP contribution in [0, 0.1) is 18.3 Å². The molecule has 0 aromatic carbocycles. The standard InChI is InChI=1S/C8H13NO/c1-3-4-8(10)5-7(2)6-9/h1,7H,4-6,9H2,2H3. The highest BCUT2D eigenvalue weighted by Crippen LogP contribution is 2.01. The van der Waals surface area contributed by atoms with Crippen LogP contribution >= 0.6 is 0 Å². The summed E-state index contributed by atoms with van der Waals surface area (Å²) in [6, 6.07) is 0. The van der Waals surface area contributed by atoms with Crippen molar-refractivity contribution in [2.24, 2.45) is 11.7 Å². The zero-order valence-electron chi connectivity index (χ0n) is 6.26. The average molecular weight is 139 g/mol. The minimum Gasteiger partial charge on any atom is -0.330 e. The molecule has 0 spiro atoms. The molecule has 0 fully saturated rings. The summed E-state index contributed by atoms with van der Waals surface area (Å²) in [7, 11) is 0. The summed E-state index contributed by atoms with van der Waals surface area (Å²) in [5, 5.41) is 0. The lowest BCUT2D eigenvalue weighted by molar-refractivity contribution is -0.118. The fraction of sp³-hybridized carbons (Fsp3) is 0.625. The normalized spacial score (nSPS) is 12.1. The van der Waals surface area contributed by atoms with Crippen LogP contribution in [0.5, 0.6) is 0 Å². The number of ketones is 1. The summed E-state index contributed by atoms with van der Waals surface area (Å²) in [5.74, 6) is 2.68. The summed E-state index contributed by atoms with van der Waals surface area (Å²) in [5.41, 5.74) is 5.31. The van der Waals surface area contributed by atoms with Crippen molar-refractivity contribution in [1.29, 1.82) is 0 Å². The molecule has 1 unspecified atom stereocenters. The molecule has 0 radical (unpaired) electrons. The van der Waals surface area contributed by atoms with Crippen molar-refractivity contribution in [3.05, 3.63) is 0 Å². The van der Waals surface area contributed by atoms with Crippen molar-refractivity contribution >= 4 is 5.78 Å². The van der Waals surface area contributed by atoms with E-state index in [0.717, 1.165) is 0 Å². The van der Waals surface area contributed by atoms with E-state index < -0.39 is 0 Å². The lowest BCUT2D eigenvalue weighted by Gasteiger charge is -2.03. The molecule has 0 bridgehead atoms. The second-order valence-electron chi connectivity index (χ2n) is 2.46. The van der Waals surface area contributed by atoms with Gasteiger partial charge in [0.15, 0.2) is 0 Å². The largest absolute Gasteiger partial charge is 0.330 e. The molecule has 0 saturated carbocycles. The van der Waals surface area contributed by atoms with Gasteiger partial charge in [0.25, 0.3) is 0 Å². The van der Waals surface area contributed by atoms with E-state index in [1.54, 1.807) is 0 Å². The van der Waals surface area contributed by atoms with Crippen molar-refractivity contribution in [1.82, 2.24) is 0 Å². The highest BCUT2D eigenvalue weighted by Gasteiger charge is 2.04. The molecule has 2 nitrogen and oxygen atoms in total. The number of terminal acetylenes is 1. The Morgan fingerprint density at radius 1 is 1.80 bits per heavy atom. The number of hydrogen-bond acceptors (Lipinski definition) is 2. The van der Waals surface area contributed by atoms with Crippen molar-refractivity contribution in [2.45, 2.75) is 19.8 Å². The second-order valence-corrected chi connectivity index (χ2v) is 2.46. The van der Waals surface area contributed by atoms with Gasteiger partial charge in [0.05, 0.1) is 6.42 Å². The molecule has 0 aromatic heterocycles. The van der Waals surface area contributed by atoms with Gasteiger partial charge in [0, 0.05) is 6.42 Å². The molecule has 0 aliphatic carbocycles. The second kappa shape index (κ2) is 5.01. The summed E-state index contributed by atoms with van der Waals surface area (Å²) in [6.45, 7) is 2.49. The number of hydrogen-bond donors (Lipinski definition) is 1. The molecule has 2 N–H and O–H groups in total. The van der Waals surface area contributed by atoms with Gasteiger partial charge in [-0.25, -0.2) is 0 Å². The molecular formula is C8H13NO. The molecule has 10 heavy (non-hydrogen) atoms. The summed E-state index contributed by atoms with van der Waals surface area (Å²) in [4.78, 5) is 10.8. The van der Waals surface area contributed by atoms with Gasteiger partial charge in [-0.3, -0.25) is 4.79 Å². The highest BCUT2D eigenvalue weighted by atomic mass is 16.1. The molecule has 0 aromatic rings. The van der Waals surface area contributed by atoms with Crippen LogP contribution in [0.15, 0.2) is 0 Å². The van der Waals surface area contributed by atoms with Crippen LogP contribution in [0.3, 0.4) is 0 Å². The molecule has 0 saturated heterocycles. The highest BCUT2D eigenvalue weighted by molar-refractivity contribution is 5.80. The van der Waals surface area contributed by atoms with E-state index in [-0.39, 0.29) is 18.1 Å². The van der Waals surface area contributed by atoms with E-state index in [1.807, 2.05) is 6.92 Å². The van der Waals surface area contributed by atoms with Gasteiger partial charge in [-0.1, -0.05) is 12.8 Å². The predicted octanol–water partition coefficient (Wildman–Crippen LogP) is 0.564. The Morgan fingerprint density at radius 3 is 2.80 bits per heavy atom. The first-order valence-corrected chi connectivity index (χ1v) is 3.36. The van der Waals surface area contributed by atoms with Gasteiger partial charge in [-0.15, -0.1) is 6.42 Å². The Labute approximate surface area is 61.8 Å². The number of Topliss-reactive ketones (excluding diaryl/α,β-unsaturated/α-hetero) is 1. The van der Waals surface area contributed by atoms with Gasteiger partial charge in [0.2, 0.25) is 0 Å². The number of carbonyl (C=O) groups excluding carboxylic acids is 1. The van der Waals surface area contributed by atoms with Gasteiger partial charge in [-0.05, 0) is 12.5 Å². The minimum atomic E-state index is 0.112. The third-order valence-electron chi connectivity index (χ3n) is 1.28. The quantitative estimate of drug-likeness (QED) is 0.578. The van der Waals surface area contributed by atoms with E-state index in [1.165, 1.54) is 0 Å².